The van der Waals surface area contributed by atoms with Crippen molar-refractivity contribution in [2.45, 2.75) is 83.8 Å². The van der Waals surface area contributed by atoms with E-state index in [0.717, 1.165) is 44.1 Å². The highest BCUT2D eigenvalue weighted by molar-refractivity contribution is 6.30. The molecule has 6 heteroatoms. The number of unbranched alkanes of at least 4 members (excludes halogenated alkanes) is 1. The third kappa shape index (κ3) is 5.25. The second-order valence-corrected chi connectivity index (χ2v) is 10.4. The number of likely N-dealkylation sites (tertiary alicyclic amines) is 1. The van der Waals surface area contributed by atoms with Crippen LogP contribution in [0.3, 0.4) is 0 Å². The van der Waals surface area contributed by atoms with E-state index in [1.54, 1.807) is 12.1 Å². The fourth-order valence-corrected chi connectivity index (χ4v) is 5.26. The molecular weight excluding hydrogens is 412 g/mol. The van der Waals surface area contributed by atoms with E-state index in [4.69, 9.17) is 11.6 Å². The molecule has 1 saturated carbocycles. The minimum absolute atomic E-state index is 0.0222. The Hall–Kier alpha value is -1.59. The quantitative estimate of drug-likeness (QED) is 0.637. The van der Waals surface area contributed by atoms with Crippen molar-refractivity contribution in [3.8, 4) is 0 Å². The molecule has 31 heavy (non-hydrogen) atoms. The molecule has 2 fully saturated rings. The summed E-state index contributed by atoms with van der Waals surface area (Å²) in [4.78, 5) is 28.0. The van der Waals surface area contributed by atoms with Crippen LogP contribution in [-0.4, -0.2) is 41.0 Å². The predicted molar refractivity (Wildman–Crippen MR) is 124 cm³/mol. The Morgan fingerprint density at radius 2 is 1.87 bits per heavy atom. The maximum Gasteiger partial charge on any atom is 0.245 e. The van der Waals surface area contributed by atoms with Crippen LogP contribution < -0.4 is 5.32 Å². The van der Waals surface area contributed by atoms with Crippen LogP contribution >= 0.6 is 11.6 Å². The summed E-state index contributed by atoms with van der Waals surface area (Å²) in [5.74, 6) is 0.0524. The Morgan fingerprint density at radius 1 is 1.23 bits per heavy atom. The normalized spacial score (nSPS) is 24.7. The van der Waals surface area contributed by atoms with Crippen molar-refractivity contribution in [3.63, 3.8) is 0 Å². The lowest BCUT2D eigenvalue weighted by Gasteiger charge is -2.51. The molecule has 2 atom stereocenters. The Labute approximate surface area is 191 Å². The maximum atomic E-state index is 13.4. The molecule has 3 rings (SSSR count). The van der Waals surface area contributed by atoms with E-state index in [1.165, 1.54) is 0 Å². The summed E-state index contributed by atoms with van der Waals surface area (Å²) >= 11 is 6.03. The number of carbonyl (C=O) groups excluding carboxylic acids is 2. The zero-order chi connectivity index (χ0) is 22.6. The SMILES string of the molecule is CCCC[C@@H](NC(=O)C1CCCC1)C(=O)N1CC[C@](O)(c2ccc(Cl)cc2)C(C)(C)C1. The van der Waals surface area contributed by atoms with E-state index in [0.29, 0.717) is 31.0 Å². The summed E-state index contributed by atoms with van der Waals surface area (Å²) in [6.07, 6.45) is 7.01. The van der Waals surface area contributed by atoms with Crippen molar-refractivity contribution >= 4 is 23.4 Å². The topological polar surface area (TPSA) is 69.6 Å². The lowest BCUT2D eigenvalue weighted by atomic mass is 9.66. The van der Waals surface area contributed by atoms with E-state index < -0.39 is 17.1 Å². The molecule has 0 aromatic heterocycles. The van der Waals surface area contributed by atoms with Crippen LogP contribution in [0.4, 0.5) is 0 Å². The van der Waals surface area contributed by atoms with Crippen molar-refractivity contribution < 1.29 is 14.7 Å². The molecule has 0 unspecified atom stereocenters. The Morgan fingerprint density at radius 3 is 2.45 bits per heavy atom. The van der Waals surface area contributed by atoms with Crippen LogP contribution in [-0.2, 0) is 15.2 Å². The number of aliphatic hydroxyl groups is 1. The van der Waals surface area contributed by atoms with Gasteiger partial charge >= 0.3 is 0 Å². The molecule has 2 aliphatic rings. The van der Waals surface area contributed by atoms with Crippen molar-refractivity contribution in [1.82, 2.24) is 10.2 Å². The summed E-state index contributed by atoms with van der Waals surface area (Å²) in [6, 6.07) is 6.84. The van der Waals surface area contributed by atoms with E-state index in [1.807, 2.05) is 30.9 Å². The van der Waals surface area contributed by atoms with Crippen LogP contribution in [0.15, 0.2) is 24.3 Å². The summed E-state index contributed by atoms with van der Waals surface area (Å²) in [6.45, 7) is 6.99. The van der Waals surface area contributed by atoms with Gasteiger partial charge < -0.3 is 15.3 Å². The van der Waals surface area contributed by atoms with Gasteiger partial charge in [0.25, 0.3) is 0 Å². The fourth-order valence-electron chi connectivity index (χ4n) is 5.13. The lowest BCUT2D eigenvalue weighted by Crippen LogP contribution is -2.60. The van der Waals surface area contributed by atoms with Gasteiger partial charge in [-0.3, -0.25) is 9.59 Å². The van der Waals surface area contributed by atoms with Gasteiger partial charge in [-0.2, -0.15) is 0 Å². The van der Waals surface area contributed by atoms with Gasteiger partial charge in [-0.25, -0.2) is 0 Å². The molecule has 1 aliphatic carbocycles. The molecule has 1 aromatic carbocycles. The number of carbonyl (C=O) groups is 2. The molecule has 0 spiro atoms. The first-order chi connectivity index (χ1) is 14.7. The summed E-state index contributed by atoms with van der Waals surface area (Å²) in [7, 11) is 0. The van der Waals surface area contributed by atoms with E-state index in [2.05, 4.69) is 12.2 Å². The van der Waals surface area contributed by atoms with Crippen molar-refractivity contribution in [1.29, 1.82) is 0 Å². The fraction of sp³-hybridized carbons (Fsp3) is 0.680. The molecule has 1 aliphatic heterocycles. The number of rotatable bonds is 7. The second-order valence-electron chi connectivity index (χ2n) is 9.95. The van der Waals surface area contributed by atoms with Gasteiger partial charge in [0.15, 0.2) is 0 Å². The van der Waals surface area contributed by atoms with Gasteiger partial charge in [-0.1, -0.05) is 70.2 Å². The van der Waals surface area contributed by atoms with E-state index in [-0.39, 0.29) is 17.7 Å². The van der Waals surface area contributed by atoms with Gasteiger partial charge in [0.2, 0.25) is 11.8 Å². The number of hydrogen-bond acceptors (Lipinski definition) is 3. The first kappa shape index (κ1) is 24.1. The molecular formula is C25H37ClN2O3. The van der Waals surface area contributed by atoms with Crippen LogP contribution in [0.5, 0.6) is 0 Å². The van der Waals surface area contributed by atoms with E-state index >= 15 is 0 Å². The summed E-state index contributed by atoms with van der Waals surface area (Å²) in [5, 5.41) is 15.3. The molecule has 5 nitrogen and oxygen atoms in total. The zero-order valence-electron chi connectivity index (χ0n) is 19.1. The van der Waals surface area contributed by atoms with Crippen molar-refractivity contribution in [2.75, 3.05) is 13.1 Å². The van der Waals surface area contributed by atoms with Crippen molar-refractivity contribution in [3.05, 3.63) is 34.9 Å². The van der Waals surface area contributed by atoms with Gasteiger partial charge in [0.05, 0.1) is 5.60 Å². The van der Waals surface area contributed by atoms with Gasteiger partial charge in [0.1, 0.15) is 6.04 Å². The highest BCUT2D eigenvalue weighted by atomic mass is 35.5. The minimum Gasteiger partial charge on any atom is -0.384 e. The number of benzene rings is 1. The van der Waals surface area contributed by atoms with Crippen molar-refractivity contribution in [2.24, 2.45) is 11.3 Å². The van der Waals surface area contributed by atoms with E-state index in [9.17, 15) is 14.7 Å². The number of halogens is 1. The second kappa shape index (κ2) is 9.91. The largest absolute Gasteiger partial charge is 0.384 e. The van der Waals surface area contributed by atoms with Crippen LogP contribution in [0.2, 0.25) is 5.02 Å². The van der Waals surface area contributed by atoms with Crippen LogP contribution in [0, 0.1) is 11.3 Å². The third-order valence-electron chi connectivity index (χ3n) is 7.27. The number of hydrogen-bond donors (Lipinski definition) is 2. The Kier molecular flexibility index (Phi) is 7.69. The highest BCUT2D eigenvalue weighted by Gasteiger charge is 2.50. The monoisotopic (exact) mass is 448 g/mol. The molecule has 0 radical (unpaired) electrons. The summed E-state index contributed by atoms with van der Waals surface area (Å²) < 4.78 is 0. The van der Waals surface area contributed by atoms with Crippen LogP contribution in [0.1, 0.15) is 77.7 Å². The van der Waals surface area contributed by atoms with Gasteiger partial charge in [-0.15, -0.1) is 0 Å². The molecule has 1 saturated heterocycles. The average Bonchev–Trinajstić information content (AvgIpc) is 3.28. The van der Waals surface area contributed by atoms with Gasteiger partial charge in [0, 0.05) is 29.4 Å². The Balaban J connectivity index is 1.72. The molecule has 1 heterocycles. The smallest absolute Gasteiger partial charge is 0.245 e. The predicted octanol–water partition coefficient (Wildman–Crippen LogP) is 4.65. The molecule has 1 aromatic rings. The summed E-state index contributed by atoms with van der Waals surface area (Å²) in [5.41, 5.74) is -0.758. The average molecular weight is 449 g/mol. The molecule has 172 valence electrons. The number of piperidine rings is 1. The number of nitrogens with one attached hydrogen (secondary N) is 1. The molecule has 2 N–H and O–H groups in total. The van der Waals surface area contributed by atoms with Crippen LogP contribution in [0.25, 0.3) is 0 Å². The highest BCUT2D eigenvalue weighted by Crippen LogP contribution is 2.46. The molecule has 2 amide bonds. The van der Waals surface area contributed by atoms with Gasteiger partial charge in [-0.05, 0) is 43.4 Å². The zero-order valence-corrected chi connectivity index (χ0v) is 19.9. The minimum atomic E-state index is -1.04. The first-order valence-corrected chi connectivity index (χ1v) is 12.1. The standard InChI is InChI=1S/C25H37ClN2O3/c1-4-5-10-21(27-22(29)18-8-6-7-9-18)23(30)28-16-15-25(31,24(2,3)17-28)19-11-13-20(26)14-12-19/h11-14,18,21,31H,4-10,15-17H2,1-3H3,(H,27,29)/t21-,25+/m1/s1. The third-order valence-corrected chi connectivity index (χ3v) is 7.52. The number of amides is 2. The first-order valence-electron chi connectivity index (χ1n) is 11.8. The number of nitrogens with zero attached hydrogens (tertiary/aromatic N) is 1. The Bertz CT molecular complexity index is 773. The lowest BCUT2D eigenvalue weighted by molar-refractivity contribution is -0.156. The maximum absolute atomic E-state index is 13.4. The molecule has 0 bridgehead atoms.